The number of carbonyl (C=O) groups excluding carboxylic acids is 3. The number of rotatable bonds is 2. The van der Waals surface area contributed by atoms with Gasteiger partial charge >= 0.3 is 0 Å². The molecule has 2 aromatic rings. The van der Waals surface area contributed by atoms with Gasteiger partial charge in [-0.25, -0.2) is 0 Å². The number of Topliss-reactive ketones (excluding diaryl/α,β-unsaturated/α-hetero) is 3. The van der Waals surface area contributed by atoms with E-state index >= 15 is 0 Å². The number of benzene rings is 1. The maximum atomic E-state index is 13.1. The van der Waals surface area contributed by atoms with Gasteiger partial charge in [-0.15, -0.1) is 0 Å². The minimum absolute atomic E-state index is 0.0744. The van der Waals surface area contributed by atoms with E-state index < -0.39 is 27.7 Å². The number of nitrogens with zero attached hydrogens (tertiary/aromatic N) is 2. The Hall–Kier alpha value is -3.74. The van der Waals surface area contributed by atoms with Crippen molar-refractivity contribution in [1.29, 1.82) is 10.5 Å². The van der Waals surface area contributed by atoms with Crippen molar-refractivity contribution in [1.82, 2.24) is 4.98 Å². The second kappa shape index (κ2) is 7.59. The number of aromatic nitrogens is 1. The van der Waals surface area contributed by atoms with Crippen LogP contribution in [-0.2, 0) is 14.4 Å². The number of H-pyrrole nitrogens is 1. The standard InChI is InChI=1S/C23H14ClN3O3/c24-21-20(22(29)14(9-25)15(10-26)23(21)30)19-13(6-2-4-8-18(19)28)16-11-27-17-7-3-1-5-12(16)17/h1,3,5,7,11,27H,2,4,6,8H2. The van der Waals surface area contributed by atoms with Crippen LogP contribution in [0.1, 0.15) is 31.2 Å². The summed E-state index contributed by atoms with van der Waals surface area (Å²) in [6.07, 6.45) is 3.83. The molecule has 146 valence electrons. The van der Waals surface area contributed by atoms with E-state index in [0.29, 0.717) is 18.4 Å². The highest BCUT2D eigenvalue weighted by molar-refractivity contribution is 6.52. The number of allylic oxidation sites excluding steroid dienone is 6. The van der Waals surface area contributed by atoms with Crippen LogP contribution >= 0.6 is 11.6 Å². The second-order valence-electron chi connectivity index (χ2n) is 7.05. The van der Waals surface area contributed by atoms with Gasteiger partial charge in [0.15, 0.2) is 5.78 Å². The van der Waals surface area contributed by atoms with Crippen molar-refractivity contribution in [3.8, 4) is 12.1 Å². The third kappa shape index (κ3) is 2.90. The zero-order valence-electron chi connectivity index (χ0n) is 15.7. The van der Waals surface area contributed by atoms with Crippen molar-refractivity contribution in [3.63, 3.8) is 0 Å². The monoisotopic (exact) mass is 415 g/mol. The lowest BCUT2D eigenvalue weighted by Crippen LogP contribution is -2.25. The number of ketones is 3. The van der Waals surface area contributed by atoms with Crippen LogP contribution < -0.4 is 0 Å². The molecule has 7 heteroatoms. The number of nitriles is 2. The first-order valence-corrected chi connectivity index (χ1v) is 9.74. The number of aromatic amines is 1. The molecule has 6 nitrogen and oxygen atoms in total. The van der Waals surface area contributed by atoms with Crippen LogP contribution in [0.15, 0.2) is 57.8 Å². The van der Waals surface area contributed by atoms with E-state index in [1.165, 1.54) is 0 Å². The first-order chi connectivity index (χ1) is 14.5. The molecule has 0 saturated carbocycles. The topological polar surface area (TPSA) is 115 Å². The molecule has 0 atom stereocenters. The third-order valence-corrected chi connectivity index (χ3v) is 5.76. The van der Waals surface area contributed by atoms with Crippen LogP contribution in [0.2, 0.25) is 0 Å². The van der Waals surface area contributed by atoms with Crippen molar-refractivity contribution in [2.45, 2.75) is 25.7 Å². The van der Waals surface area contributed by atoms with Crippen molar-refractivity contribution in [2.75, 3.05) is 0 Å². The average molecular weight is 416 g/mol. The van der Waals surface area contributed by atoms with Gasteiger partial charge in [0.25, 0.3) is 0 Å². The van der Waals surface area contributed by atoms with Gasteiger partial charge < -0.3 is 4.98 Å². The highest BCUT2D eigenvalue weighted by atomic mass is 35.5. The fourth-order valence-corrected chi connectivity index (χ4v) is 4.27. The number of para-hydroxylation sites is 1. The van der Waals surface area contributed by atoms with E-state index in [0.717, 1.165) is 22.9 Å². The first kappa shape index (κ1) is 19.6. The molecule has 2 aliphatic carbocycles. The Bertz CT molecular complexity index is 1330. The Morgan fingerprint density at radius 1 is 0.900 bits per heavy atom. The SMILES string of the molecule is N#CC1=C(C#N)C(=O)C(C2=C(c3c[nH]c4ccccc34)CCCCC2=O)=C(Cl)C1=O. The maximum Gasteiger partial charge on any atom is 0.217 e. The largest absolute Gasteiger partial charge is 0.361 e. The Labute approximate surface area is 176 Å². The summed E-state index contributed by atoms with van der Waals surface area (Å²) < 4.78 is 0. The molecule has 0 fully saturated rings. The van der Waals surface area contributed by atoms with Crippen LogP contribution in [0.25, 0.3) is 16.5 Å². The van der Waals surface area contributed by atoms with Crippen LogP contribution in [-0.4, -0.2) is 22.3 Å². The van der Waals surface area contributed by atoms with Crippen LogP contribution in [0.3, 0.4) is 0 Å². The molecule has 0 spiro atoms. The molecule has 0 amide bonds. The molecular weight excluding hydrogens is 402 g/mol. The molecule has 2 aliphatic rings. The Balaban J connectivity index is 2.04. The number of nitrogens with one attached hydrogen (secondary N) is 1. The molecule has 1 N–H and O–H groups in total. The second-order valence-corrected chi connectivity index (χ2v) is 7.43. The third-order valence-electron chi connectivity index (χ3n) is 5.40. The minimum Gasteiger partial charge on any atom is -0.361 e. The average Bonchev–Trinajstić information content (AvgIpc) is 3.09. The summed E-state index contributed by atoms with van der Waals surface area (Å²) in [5, 5.41) is 19.0. The quantitative estimate of drug-likeness (QED) is 0.743. The van der Waals surface area contributed by atoms with Crippen LogP contribution in [0.5, 0.6) is 0 Å². The number of hydrogen-bond acceptors (Lipinski definition) is 5. The van der Waals surface area contributed by atoms with E-state index in [2.05, 4.69) is 4.98 Å². The van der Waals surface area contributed by atoms with Crippen molar-refractivity contribution in [2.24, 2.45) is 0 Å². The molecule has 1 aromatic heterocycles. The summed E-state index contributed by atoms with van der Waals surface area (Å²) >= 11 is 6.24. The van der Waals surface area contributed by atoms with Gasteiger partial charge in [-0.1, -0.05) is 29.8 Å². The summed E-state index contributed by atoms with van der Waals surface area (Å²) in [5.74, 6) is -2.07. The summed E-state index contributed by atoms with van der Waals surface area (Å²) in [6.45, 7) is 0. The number of hydrogen-bond donors (Lipinski definition) is 1. The molecule has 0 bridgehead atoms. The van der Waals surface area contributed by atoms with Gasteiger partial charge in [-0.05, 0) is 30.9 Å². The number of fused-ring (bicyclic) bond motifs is 1. The van der Waals surface area contributed by atoms with E-state index in [1.807, 2.05) is 24.3 Å². The van der Waals surface area contributed by atoms with Crippen molar-refractivity contribution >= 4 is 45.4 Å². The van der Waals surface area contributed by atoms with E-state index in [4.69, 9.17) is 11.6 Å². The summed E-state index contributed by atoms with van der Waals surface area (Å²) in [7, 11) is 0. The normalized spacial score (nSPS) is 18.0. The fourth-order valence-electron chi connectivity index (χ4n) is 4.00. The molecule has 0 radical (unpaired) electrons. The molecule has 0 aliphatic heterocycles. The molecular formula is C23H14ClN3O3. The smallest absolute Gasteiger partial charge is 0.217 e. The first-order valence-electron chi connectivity index (χ1n) is 9.36. The van der Waals surface area contributed by atoms with E-state index in [1.54, 1.807) is 18.3 Å². The predicted molar refractivity (Wildman–Crippen MR) is 110 cm³/mol. The summed E-state index contributed by atoms with van der Waals surface area (Å²) in [4.78, 5) is 42.0. The van der Waals surface area contributed by atoms with Gasteiger partial charge in [0, 0.05) is 34.7 Å². The Kier molecular flexibility index (Phi) is 4.95. The van der Waals surface area contributed by atoms with Gasteiger partial charge in [-0.3, -0.25) is 14.4 Å². The van der Waals surface area contributed by atoms with Crippen LogP contribution in [0, 0.1) is 22.7 Å². The summed E-state index contributed by atoms with van der Waals surface area (Å²) in [6, 6.07) is 10.8. The lowest BCUT2D eigenvalue weighted by molar-refractivity contribution is -0.117. The Morgan fingerprint density at radius 2 is 1.57 bits per heavy atom. The van der Waals surface area contributed by atoms with E-state index in [9.17, 15) is 24.9 Å². The molecule has 4 rings (SSSR count). The lowest BCUT2D eigenvalue weighted by atomic mass is 9.81. The number of halogens is 1. The van der Waals surface area contributed by atoms with Gasteiger partial charge in [-0.2, -0.15) is 10.5 Å². The molecule has 0 unspecified atom stereocenters. The minimum atomic E-state index is -0.909. The molecule has 1 heterocycles. The van der Waals surface area contributed by atoms with Crippen LogP contribution in [0.4, 0.5) is 0 Å². The summed E-state index contributed by atoms with van der Waals surface area (Å²) in [5.41, 5.74) is 0.862. The highest BCUT2D eigenvalue weighted by Gasteiger charge is 2.39. The lowest BCUT2D eigenvalue weighted by Gasteiger charge is -2.19. The van der Waals surface area contributed by atoms with Crippen molar-refractivity contribution < 1.29 is 14.4 Å². The molecule has 30 heavy (non-hydrogen) atoms. The van der Waals surface area contributed by atoms with Gasteiger partial charge in [0.2, 0.25) is 11.6 Å². The van der Waals surface area contributed by atoms with Gasteiger partial charge in [0.1, 0.15) is 28.3 Å². The molecule has 1 aromatic carbocycles. The van der Waals surface area contributed by atoms with E-state index in [-0.39, 0.29) is 23.4 Å². The highest BCUT2D eigenvalue weighted by Crippen LogP contribution is 2.40. The zero-order chi connectivity index (χ0) is 21.4. The Morgan fingerprint density at radius 3 is 2.30 bits per heavy atom. The molecule has 0 saturated heterocycles. The predicted octanol–water partition coefficient (Wildman–Crippen LogP) is 4.05. The maximum absolute atomic E-state index is 13.1. The van der Waals surface area contributed by atoms with Gasteiger partial charge in [0.05, 0.1) is 5.57 Å². The van der Waals surface area contributed by atoms with Crippen molar-refractivity contribution in [3.05, 3.63) is 63.4 Å². The zero-order valence-corrected chi connectivity index (χ0v) is 16.5. The fraction of sp³-hybridized carbons (Fsp3) is 0.174. The number of carbonyl (C=O) groups is 3.